The second-order valence-corrected chi connectivity index (χ2v) is 3.42. The first-order chi connectivity index (χ1) is 10.3. The molecular formula is C11H10N4O4. The molecule has 1 N–H and O–H groups in total. The molecule has 2 aromatic rings. The van der Waals surface area contributed by atoms with Crippen LogP contribution in [0.1, 0.15) is 9.81 Å². The van der Waals surface area contributed by atoms with Gasteiger partial charge in [0.25, 0.3) is 17.2 Å². The summed E-state index contributed by atoms with van der Waals surface area (Å²) in [6.45, 7) is 0. The average molecular weight is 265 g/mol. The van der Waals surface area contributed by atoms with Gasteiger partial charge in [-0.3, -0.25) is 0 Å². The van der Waals surface area contributed by atoms with Crippen LogP contribution in [0.2, 0.25) is 0 Å². The van der Waals surface area contributed by atoms with Crippen LogP contribution < -0.4 is 14.9 Å². The molecule has 0 radical (unpaired) electrons. The molecule has 2 rings (SSSR count). The summed E-state index contributed by atoms with van der Waals surface area (Å²) in [5, 5.41) is 27.1. The number of hydrogen-bond acceptors (Lipinski definition) is 5. The molecule has 0 aliphatic rings. The fourth-order valence-electron chi connectivity index (χ4n) is 1.46. The summed E-state index contributed by atoms with van der Waals surface area (Å²) < 4.78 is 25.1. The van der Waals surface area contributed by atoms with Crippen molar-refractivity contribution in [2.45, 2.75) is 0 Å². The highest BCUT2D eigenvalue weighted by atomic mass is 16.5. The number of hydrazone groups is 1. The van der Waals surface area contributed by atoms with Crippen LogP contribution in [0, 0.1) is 10.4 Å². The molecule has 0 atom stereocenters. The number of aromatic nitrogens is 2. The van der Waals surface area contributed by atoms with E-state index in [1.165, 1.54) is 12.1 Å². The molecule has 8 nitrogen and oxygen atoms in total. The molecular weight excluding hydrogens is 252 g/mol. The van der Waals surface area contributed by atoms with Crippen molar-refractivity contribution in [3.63, 3.8) is 0 Å². The van der Waals surface area contributed by atoms with Crippen molar-refractivity contribution in [1.82, 2.24) is 5.43 Å². The van der Waals surface area contributed by atoms with Gasteiger partial charge in [-0.15, -0.1) is 0 Å². The zero-order chi connectivity index (χ0) is 16.3. The average Bonchev–Trinajstić information content (AvgIpc) is 2.42. The van der Waals surface area contributed by atoms with E-state index >= 15 is 0 Å². The summed E-state index contributed by atoms with van der Waals surface area (Å²) in [6, 6.07) is 6.12. The Kier molecular flexibility index (Phi) is 2.47. The third kappa shape index (κ3) is 2.51. The smallest absolute Gasteiger partial charge is 0.427 e. The summed E-state index contributed by atoms with van der Waals surface area (Å²) in [5.41, 5.74) is 1.90. The third-order valence-corrected chi connectivity index (χ3v) is 2.27. The van der Waals surface area contributed by atoms with Crippen LogP contribution in [-0.2, 0) is 4.74 Å². The van der Waals surface area contributed by atoms with Crippen LogP contribution in [0.5, 0.6) is 0 Å². The Bertz CT molecular complexity index is 748. The lowest BCUT2D eigenvalue weighted by Gasteiger charge is -2.05. The topological polar surface area (TPSA) is 105 Å². The van der Waals surface area contributed by atoms with Crippen LogP contribution in [0.15, 0.2) is 35.6 Å². The molecule has 0 spiro atoms. The van der Waals surface area contributed by atoms with Gasteiger partial charge in [0.15, 0.2) is 0 Å². The van der Waals surface area contributed by atoms with Gasteiger partial charge in [-0.2, -0.15) is 14.6 Å². The summed E-state index contributed by atoms with van der Waals surface area (Å²) in [5.74, 6) is 0. The maximum absolute atomic E-state index is 12.0. The maximum atomic E-state index is 12.0. The monoisotopic (exact) mass is 265 g/mol. The van der Waals surface area contributed by atoms with Crippen LogP contribution in [0.25, 0.3) is 11.0 Å². The van der Waals surface area contributed by atoms with E-state index in [9.17, 15) is 15.2 Å². The van der Waals surface area contributed by atoms with Crippen molar-refractivity contribution >= 4 is 23.3 Å². The summed E-state index contributed by atoms with van der Waals surface area (Å²) in [4.78, 5) is 11.1. The SMILES string of the molecule is [2H]C([2H])([2H])OC(=O)N/N=C/c1c[n+]([O-])c2ccccc2[n+]1[O-]. The molecule has 0 aliphatic heterocycles. The Balaban J connectivity index is 2.20. The number of methoxy groups -OCH3 is 1. The van der Waals surface area contributed by atoms with E-state index in [0.717, 1.165) is 12.4 Å². The number of fused-ring (bicyclic) bond motifs is 1. The molecule has 1 amide bonds. The van der Waals surface area contributed by atoms with Gasteiger partial charge in [0.05, 0.1) is 11.2 Å². The van der Waals surface area contributed by atoms with Gasteiger partial charge in [0.1, 0.15) is 6.21 Å². The number of para-hydroxylation sites is 2. The Morgan fingerprint density at radius 2 is 2.21 bits per heavy atom. The zero-order valence-electron chi connectivity index (χ0n) is 12.4. The van der Waals surface area contributed by atoms with Gasteiger partial charge in [0.2, 0.25) is 0 Å². The second kappa shape index (κ2) is 5.17. The van der Waals surface area contributed by atoms with E-state index in [2.05, 4.69) is 9.84 Å². The molecule has 98 valence electrons. The Morgan fingerprint density at radius 3 is 2.95 bits per heavy atom. The second-order valence-electron chi connectivity index (χ2n) is 3.42. The fraction of sp³-hybridized carbons (Fsp3) is 0.0909. The quantitative estimate of drug-likeness (QED) is 0.351. The van der Waals surface area contributed by atoms with Gasteiger partial charge >= 0.3 is 11.8 Å². The lowest BCUT2D eigenvalue weighted by molar-refractivity contribution is -0.629. The standard InChI is InChI=1S/C11H10N4O4/c1-19-11(16)13-12-6-8-7-14(17)9-4-2-3-5-10(9)15(8)18/h2-7H,1H3,(H,13,16)/b12-6+/i1D3. The molecule has 0 saturated carbocycles. The molecule has 1 heterocycles. The normalized spacial score (nSPS) is 13.8. The van der Waals surface area contributed by atoms with Crippen LogP contribution >= 0.6 is 0 Å². The number of benzene rings is 1. The molecule has 19 heavy (non-hydrogen) atoms. The molecule has 0 bridgehead atoms. The van der Waals surface area contributed by atoms with Crippen LogP contribution in [0.3, 0.4) is 0 Å². The fourth-order valence-corrected chi connectivity index (χ4v) is 1.46. The number of hydrogen-bond donors (Lipinski definition) is 1. The van der Waals surface area contributed by atoms with Gasteiger partial charge in [-0.25, -0.2) is 10.2 Å². The minimum atomic E-state index is -2.90. The van der Waals surface area contributed by atoms with Crippen molar-refractivity contribution in [2.75, 3.05) is 7.04 Å². The molecule has 8 heteroatoms. The molecule has 1 aromatic carbocycles. The Morgan fingerprint density at radius 1 is 1.47 bits per heavy atom. The lowest BCUT2D eigenvalue weighted by atomic mass is 10.3. The lowest BCUT2D eigenvalue weighted by Crippen LogP contribution is -2.41. The highest BCUT2D eigenvalue weighted by Gasteiger charge is 2.17. The van der Waals surface area contributed by atoms with E-state index in [4.69, 9.17) is 4.11 Å². The Labute approximate surface area is 111 Å². The maximum Gasteiger partial charge on any atom is 0.427 e. The van der Waals surface area contributed by atoms with E-state index in [1.54, 1.807) is 17.6 Å². The van der Waals surface area contributed by atoms with Gasteiger partial charge < -0.3 is 15.2 Å². The summed E-state index contributed by atoms with van der Waals surface area (Å²) >= 11 is 0. The number of carbonyl (C=O) groups is 1. The molecule has 0 fully saturated rings. The van der Waals surface area contributed by atoms with Crippen molar-refractivity contribution in [3.05, 3.63) is 46.6 Å². The van der Waals surface area contributed by atoms with Gasteiger partial charge in [-0.1, -0.05) is 12.1 Å². The highest BCUT2D eigenvalue weighted by molar-refractivity contribution is 5.78. The first-order valence-electron chi connectivity index (χ1n) is 6.54. The summed E-state index contributed by atoms with van der Waals surface area (Å²) in [7, 11) is -2.90. The minimum Gasteiger partial charge on any atom is -0.618 e. The van der Waals surface area contributed by atoms with E-state index in [-0.39, 0.29) is 16.7 Å². The zero-order valence-corrected chi connectivity index (χ0v) is 9.44. The third-order valence-electron chi connectivity index (χ3n) is 2.27. The van der Waals surface area contributed by atoms with Gasteiger partial charge in [-0.05, 0) is 0 Å². The first-order valence-corrected chi connectivity index (χ1v) is 5.04. The molecule has 0 saturated heterocycles. The highest BCUT2D eigenvalue weighted by Crippen LogP contribution is 2.03. The minimum absolute atomic E-state index is 0.117. The molecule has 0 aliphatic carbocycles. The van der Waals surface area contributed by atoms with Crippen molar-refractivity contribution in [1.29, 1.82) is 0 Å². The summed E-state index contributed by atoms with van der Waals surface area (Å²) in [6.07, 6.45) is 0.550. The van der Waals surface area contributed by atoms with E-state index in [0.29, 0.717) is 9.46 Å². The van der Waals surface area contributed by atoms with E-state index in [1.807, 2.05) is 0 Å². The van der Waals surface area contributed by atoms with Crippen molar-refractivity contribution in [2.24, 2.45) is 5.10 Å². The number of carbonyl (C=O) groups excluding carboxylic acids is 1. The largest absolute Gasteiger partial charge is 0.618 e. The number of ether oxygens (including phenoxy) is 1. The number of nitrogens with one attached hydrogen (secondary N) is 1. The van der Waals surface area contributed by atoms with Crippen LogP contribution in [0.4, 0.5) is 4.79 Å². The van der Waals surface area contributed by atoms with E-state index < -0.39 is 13.1 Å². The first kappa shape index (κ1) is 9.09. The van der Waals surface area contributed by atoms with Crippen molar-refractivity contribution < 1.29 is 23.1 Å². The molecule has 1 aromatic heterocycles. The predicted molar refractivity (Wildman–Crippen MR) is 65.0 cm³/mol. The van der Waals surface area contributed by atoms with Crippen molar-refractivity contribution in [3.8, 4) is 0 Å². The number of amides is 1. The number of nitrogens with zero attached hydrogens (tertiary/aromatic N) is 3. The number of rotatable bonds is 2. The predicted octanol–water partition coefficient (Wildman–Crippen LogP) is -0.203. The van der Waals surface area contributed by atoms with Gasteiger partial charge in [0, 0.05) is 12.1 Å². The Hall–Kier alpha value is -2.90. The molecule has 0 unspecified atom stereocenters. The van der Waals surface area contributed by atoms with Crippen LogP contribution in [-0.4, -0.2) is 19.3 Å².